The molecular formula is C17H19NO. The summed E-state index contributed by atoms with van der Waals surface area (Å²) in [6.07, 6.45) is 0.760. The first-order valence-electron chi connectivity index (χ1n) is 6.59. The molecule has 1 unspecified atom stereocenters. The minimum absolute atomic E-state index is 0.0346. The molecule has 0 spiro atoms. The first-order valence-corrected chi connectivity index (χ1v) is 6.59. The first-order chi connectivity index (χ1) is 9.16. The molecule has 1 atom stereocenters. The summed E-state index contributed by atoms with van der Waals surface area (Å²) in [4.78, 5) is 12.6. The van der Waals surface area contributed by atoms with Crippen molar-refractivity contribution in [3.63, 3.8) is 0 Å². The Morgan fingerprint density at radius 1 is 1.00 bits per heavy atom. The van der Waals surface area contributed by atoms with Crippen LogP contribution in [0.5, 0.6) is 0 Å². The van der Waals surface area contributed by atoms with Crippen LogP contribution in [0.1, 0.15) is 25.8 Å². The van der Waals surface area contributed by atoms with E-state index in [0.29, 0.717) is 0 Å². The molecule has 2 rings (SSSR count). The van der Waals surface area contributed by atoms with E-state index in [2.05, 4.69) is 5.32 Å². The van der Waals surface area contributed by atoms with Gasteiger partial charge in [-0.25, -0.2) is 0 Å². The van der Waals surface area contributed by atoms with Crippen molar-refractivity contribution in [2.24, 2.45) is 0 Å². The molecular weight excluding hydrogens is 234 g/mol. The van der Waals surface area contributed by atoms with Crippen LogP contribution in [0.4, 0.5) is 5.69 Å². The van der Waals surface area contributed by atoms with Crippen LogP contribution in [-0.4, -0.2) is 5.91 Å². The molecule has 0 aliphatic heterocycles. The number of carbonyl (C=O) groups excluding carboxylic acids is 1. The third-order valence-corrected chi connectivity index (χ3v) is 3.65. The Morgan fingerprint density at radius 3 is 2.05 bits per heavy atom. The number of nitrogens with one attached hydrogen (secondary N) is 1. The third-order valence-electron chi connectivity index (χ3n) is 3.65. The van der Waals surface area contributed by atoms with Gasteiger partial charge in [-0.15, -0.1) is 0 Å². The highest BCUT2D eigenvalue weighted by Crippen LogP contribution is 2.29. The fourth-order valence-corrected chi connectivity index (χ4v) is 2.09. The first kappa shape index (κ1) is 13.3. The van der Waals surface area contributed by atoms with Gasteiger partial charge in [0.1, 0.15) is 0 Å². The molecule has 0 aliphatic rings. The van der Waals surface area contributed by atoms with Crippen LogP contribution in [0.25, 0.3) is 0 Å². The number of para-hydroxylation sites is 1. The molecule has 2 aromatic rings. The Morgan fingerprint density at radius 2 is 1.53 bits per heavy atom. The zero-order chi connectivity index (χ0) is 13.7. The number of carbonyl (C=O) groups is 1. The van der Waals surface area contributed by atoms with E-state index in [0.717, 1.165) is 17.7 Å². The van der Waals surface area contributed by atoms with Crippen molar-refractivity contribution < 1.29 is 4.79 Å². The lowest BCUT2D eigenvalue weighted by Gasteiger charge is -2.27. The Hall–Kier alpha value is -2.09. The molecule has 0 aromatic heterocycles. The van der Waals surface area contributed by atoms with Crippen LogP contribution in [0, 0.1) is 0 Å². The SMILES string of the molecule is CCC(C)(C(=O)Nc1ccccc1)c1ccccc1. The van der Waals surface area contributed by atoms with E-state index in [4.69, 9.17) is 0 Å². The highest BCUT2D eigenvalue weighted by atomic mass is 16.2. The molecule has 98 valence electrons. The molecule has 0 radical (unpaired) electrons. The molecule has 2 aromatic carbocycles. The summed E-state index contributed by atoms with van der Waals surface area (Å²) in [5, 5.41) is 2.99. The molecule has 0 bridgehead atoms. The summed E-state index contributed by atoms with van der Waals surface area (Å²) < 4.78 is 0. The summed E-state index contributed by atoms with van der Waals surface area (Å²) in [6, 6.07) is 19.5. The van der Waals surface area contributed by atoms with Crippen molar-refractivity contribution in [2.75, 3.05) is 5.32 Å². The van der Waals surface area contributed by atoms with Gasteiger partial charge in [0.15, 0.2) is 0 Å². The average molecular weight is 253 g/mol. The average Bonchev–Trinajstić information content (AvgIpc) is 2.48. The number of hydrogen-bond acceptors (Lipinski definition) is 1. The number of anilines is 1. The van der Waals surface area contributed by atoms with Gasteiger partial charge in [0.05, 0.1) is 5.41 Å². The van der Waals surface area contributed by atoms with Gasteiger partial charge in [0.2, 0.25) is 5.91 Å². The smallest absolute Gasteiger partial charge is 0.234 e. The van der Waals surface area contributed by atoms with Gasteiger partial charge in [-0.3, -0.25) is 4.79 Å². The molecule has 0 heterocycles. The molecule has 0 aliphatic carbocycles. The van der Waals surface area contributed by atoms with Crippen LogP contribution >= 0.6 is 0 Å². The van der Waals surface area contributed by atoms with Gasteiger partial charge in [-0.05, 0) is 31.0 Å². The summed E-state index contributed by atoms with van der Waals surface area (Å²) in [5.74, 6) is 0.0346. The number of hydrogen-bond donors (Lipinski definition) is 1. The Bertz CT molecular complexity index is 536. The highest BCUT2D eigenvalue weighted by molar-refractivity contribution is 5.98. The van der Waals surface area contributed by atoms with Gasteiger partial charge in [-0.2, -0.15) is 0 Å². The van der Waals surface area contributed by atoms with Gasteiger partial charge in [-0.1, -0.05) is 55.5 Å². The molecule has 0 fully saturated rings. The van der Waals surface area contributed by atoms with Crippen LogP contribution in [0.3, 0.4) is 0 Å². The Labute approximate surface area is 114 Å². The summed E-state index contributed by atoms with van der Waals surface area (Å²) in [7, 11) is 0. The zero-order valence-corrected chi connectivity index (χ0v) is 11.4. The van der Waals surface area contributed by atoms with Crippen LogP contribution in [-0.2, 0) is 10.2 Å². The largest absolute Gasteiger partial charge is 0.325 e. The van der Waals surface area contributed by atoms with Crippen molar-refractivity contribution in [1.29, 1.82) is 0 Å². The van der Waals surface area contributed by atoms with Crippen molar-refractivity contribution in [3.8, 4) is 0 Å². The van der Waals surface area contributed by atoms with Gasteiger partial charge < -0.3 is 5.32 Å². The number of benzene rings is 2. The second kappa shape index (κ2) is 5.70. The zero-order valence-electron chi connectivity index (χ0n) is 11.4. The normalized spacial score (nSPS) is 13.6. The second-order valence-corrected chi connectivity index (χ2v) is 4.87. The molecule has 1 N–H and O–H groups in total. The number of rotatable bonds is 4. The predicted molar refractivity (Wildman–Crippen MR) is 79.2 cm³/mol. The standard InChI is InChI=1S/C17H19NO/c1-3-17(2,14-10-6-4-7-11-14)16(19)18-15-12-8-5-9-13-15/h4-13H,3H2,1-2H3,(H,18,19). The lowest BCUT2D eigenvalue weighted by molar-refractivity contribution is -0.121. The number of amides is 1. The summed E-state index contributed by atoms with van der Waals surface area (Å²) >= 11 is 0. The minimum atomic E-state index is -0.503. The van der Waals surface area contributed by atoms with Crippen molar-refractivity contribution in [1.82, 2.24) is 0 Å². The van der Waals surface area contributed by atoms with Crippen LogP contribution in [0.15, 0.2) is 60.7 Å². The topological polar surface area (TPSA) is 29.1 Å². The van der Waals surface area contributed by atoms with Crippen molar-refractivity contribution >= 4 is 11.6 Å². The van der Waals surface area contributed by atoms with E-state index < -0.39 is 5.41 Å². The van der Waals surface area contributed by atoms with E-state index in [9.17, 15) is 4.79 Å². The van der Waals surface area contributed by atoms with Crippen molar-refractivity contribution in [2.45, 2.75) is 25.7 Å². The second-order valence-electron chi connectivity index (χ2n) is 4.87. The maximum Gasteiger partial charge on any atom is 0.234 e. The molecule has 0 saturated heterocycles. The maximum absolute atomic E-state index is 12.6. The fraction of sp³-hybridized carbons (Fsp3) is 0.235. The van der Waals surface area contributed by atoms with Gasteiger partial charge >= 0.3 is 0 Å². The monoisotopic (exact) mass is 253 g/mol. The fourth-order valence-electron chi connectivity index (χ4n) is 2.09. The lowest BCUT2D eigenvalue weighted by Crippen LogP contribution is -2.37. The van der Waals surface area contributed by atoms with Crippen LogP contribution < -0.4 is 5.32 Å². The summed E-state index contributed by atoms with van der Waals surface area (Å²) in [6.45, 7) is 4.03. The lowest BCUT2D eigenvalue weighted by atomic mass is 9.79. The van der Waals surface area contributed by atoms with Gasteiger partial charge in [0.25, 0.3) is 0 Å². The minimum Gasteiger partial charge on any atom is -0.325 e. The molecule has 2 heteroatoms. The van der Waals surface area contributed by atoms with Crippen LogP contribution in [0.2, 0.25) is 0 Å². The quantitative estimate of drug-likeness (QED) is 0.877. The highest BCUT2D eigenvalue weighted by Gasteiger charge is 2.33. The third kappa shape index (κ3) is 2.84. The molecule has 2 nitrogen and oxygen atoms in total. The Kier molecular flexibility index (Phi) is 4.00. The molecule has 0 saturated carbocycles. The van der Waals surface area contributed by atoms with Crippen molar-refractivity contribution in [3.05, 3.63) is 66.2 Å². The van der Waals surface area contributed by atoms with E-state index in [1.54, 1.807) is 0 Å². The Balaban J connectivity index is 2.24. The molecule has 1 amide bonds. The van der Waals surface area contributed by atoms with E-state index in [-0.39, 0.29) is 5.91 Å². The predicted octanol–water partition coefficient (Wildman–Crippen LogP) is 3.99. The molecule has 19 heavy (non-hydrogen) atoms. The summed E-state index contributed by atoms with van der Waals surface area (Å²) in [5.41, 5.74) is 1.38. The van der Waals surface area contributed by atoms with E-state index >= 15 is 0 Å². The van der Waals surface area contributed by atoms with E-state index in [1.807, 2.05) is 74.5 Å². The maximum atomic E-state index is 12.6. The van der Waals surface area contributed by atoms with E-state index in [1.165, 1.54) is 0 Å². The van der Waals surface area contributed by atoms with Gasteiger partial charge in [0, 0.05) is 5.69 Å².